The molecule has 1 aliphatic rings. The highest BCUT2D eigenvalue weighted by atomic mass is 16.2. The molecule has 0 saturated heterocycles. The Morgan fingerprint density at radius 3 is 2.77 bits per heavy atom. The lowest BCUT2D eigenvalue weighted by Crippen LogP contribution is -2.47. The molecule has 0 saturated carbocycles. The summed E-state index contributed by atoms with van der Waals surface area (Å²) < 4.78 is 3.81. The van der Waals surface area contributed by atoms with Crippen molar-refractivity contribution in [3.63, 3.8) is 0 Å². The quantitative estimate of drug-likeness (QED) is 0.536. The molecule has 2 aromatic carbocycles. The Morgan fingerprint density at radius 1 is 1.16 bits per heavy atom. The van der Waals surface area contributed by atoms with Gasteiger partial charge in [0.2, 0.25) is 0 Å². The van der Waals surface area contributed by atoms with Crippen molar-refractivity contribution in [2.45, 2.75) is 25.9 Å². The molecule has 0 bridgehead atoms. The second-order valence-electron chi connectivity index (χ2n) is 8.50. The Kier molecular flexibility index (Phi) is 4.39. The van der Waals surface area contributed by atoms with E-state index in [0.717, 1.165) is 16.5 Å². The maximum atomic E-state index is 12.9. The van der Waals surface area contributed by atoms with Gasteiger partial charge >= 0.3 is 0 Å². The summed E-state index contributed by atoms with van der Waals surface area (Å²) in [5, 5.41) is 11.1. The third-order valence-electron chi connectivity index (χ3n) is 5.66. The Bertz CT molecular complexity index is 1300. The topological polar surface area (TPSA) is 81.0 Å². The average Bonchev–Trinajstić information content (AvgIpc) is 3.36. The Hall–Kier alpha value is -3.87. The number of amides is 2. The van der Waals surface area contributed by atoms with Crippen LogP contribution in [0.1, 0.15) is 40.3 Å². The number of anilines is 1. The summed E-state index contributed by atoms with van der Waals surface area (Å²) in [6, 6.07) is 17.4. The summed E-state index contributed by atoms with van der Waals surface area (Å²) in [6.45, 7) is 5.32. The predicted octanol–water partition coefficient (Wildman–Crippen LogP) is 3.62. The summed E-state index contributed by atoms with van der Waals surface area (Å²) >= 11 is 0. The first-order valence-corrected chi connectivity index (χ1v) is 10.2. The summed E-state index contributed by atoms with van der Waals surface area (Å²) in [4.78, 5) is 25.2. The van der Waals surface area contributed by atoms with Crippen molar-refractivity contribution >= 4 is 28.4 Å². The van der Waals surface area contributed by atoms with E-state index in [0.29, 0.717) is 30.0 Å². The molecular formula is C24H23N5O2. The molecule has 7 nitrogen and oxygen atoms in total. The van der Waals surface area contributed by atoms with E-state index < -0.39 is 0 Å². The largest absolute Gasteiger partial charge is 0.348 e. The van der Waals surface area contributed by atoms with Crippen molar-refractivity contribution in [1.82, 2.24) is 19.7 Å². The monoisotopic (exact) mass is 413 g/mol. The van der Waals surface area contributed by atoms with Crippen LogP contribution in [0, 0.1) is 0 Å². The minimum atomic E-state index is -0.279. The summed E-state index contributed by atoms with van der Waals surface area (Å²) in [6.07, 6.45) is 3.46. The van der Waals surface area contributed by atoms with Crippen LogP contribution in [-0.2, 0) is 12.1 Å². The number of carbonyl (C=O) groups excluding carboxylic acids is 2. The molecule has 2 amide bonds. The van der Waals surface area contributed by atoms with E-state index in [1.54, 1.807) is 16.9 Å². The van der Waals surface area contributed by atoms with Crippen LogP contribution in [0.3, 0.4) is 0 Å². The van der Waals surface area contributed by atoms with Crippen LogP contribution in [0.15, 0.2) is 67.0 Å². The van der Waals surface area contributed by atoms with Crippen LogP contribution in [0.25, 0.3) is 10.9 Å². The number of rotatable bonds is 4. The zero-order valence-corrected chi connectivity index (χ0v) is 17.4. The summed E-state index contributed by atoms with van der Waals surface area (Å²) in [5.74, 6) is -0.304. The molecular weight excluding hydrogens is 390 g/mol. The lowest BCUT2D eigenvalue weighted by Gasteiger charge is -2.34. The minimum Gasteiger partial charge on any atom is -0.348 e. The van der Waals surface area contributed by atoms with Gasteiger partial charge in [-0.1, -0.05) is 36.4 Å². The van der Waals surface area contributed by atoms with Gasteiger partial charge in [0, 0.05) is 29.2 Å². The lowest BCUT2D eigenvalue weighted by molar-refractivity contribution is 0.0891. The third-order valence-corrected chi connectivity index (χ3v) is 5.66. The first-order valence-electron chi connectivity index (χ1n) is 10.2. The molecule has 156 valence electrons. The van der Waals surface area contributed by atoms with E-state index in [1.165, 1.54) is 0 Å². The van der Waals surface area contributed by atoms with Crippen LogP contribution < -0.4 is 10.6 Å². The fraction of sp³-hybridized carbons (Fsp3) is 0.208. The number of nitrogens with zero attached hydrogens (tertiary/aromatic N) is 3. The highest BCUT2D eigenvalue weighted by Gasteiger charge is 2.32. The van der Waals surface area contributed by atoms with Gasteiger partial charge in [0.1, 0.15) is 5.69 Å². The number of fused-ring (bicyclic) bond motifs is 3. The van der Waals surface area contributed by atoms with Crippen LogP contribution in [0.2, 0.25) is 0 Å². The van der Waals surface area contributed by atoms with Crippen molar-refractivity contribution in [3.8, 4) is 0 Å². The van der Waals surface area contributed by atoms with E-state index in [1.807, 2.05) is 59.3 Å². The van der Waals surface area contributed by atoms with Crippen molar-refractivity contribution in [2.24, 2.45) is 0 Å². The normalized spacial score (nSPS) is 14.8. The SMILES string of the molecule is CC1(C)CNC(=O)c2cc3ccc(C(=O)Nc4cnn(Cc5ccccc5)c4)cc3n21. The Morgan fingerprint density at radius 2 is 1.97 bits per heavy atom. The first kappa shape index (κ1) is 19.1. The summed E-state index contributed by atoms with van der Waals surface area (Å²) in [5.41, 5.74) is 3.52. The highest BCUT2D eigenvalue weighted by Crippen LogP contribution is 2.31. The molecule has 0 fully saturated rings. The van der Waals surface area contributed by atoms with Gasteiger partial charge in [0.05, 0.1) is 24.0 Å². The van der Waals surface area contributed by atoms with Crippen molar-refractivity contribution in [3.05, 3.63) is 83.8 Å². The molecule has 0 aliphatic carbocycles. The van der Waals surface area contributed by atoms with Gasteiger partial charge < -0.3 is 15.2 Å². The van der Waals surface area contributed by atoms with Gasteiger partial charge in [-0.25, -0.2) is 0 Å². The Labute approximate surface area is 179 Å². The van der Waals surface area contributed by atoms with Gasteiger partial charge in [-0.3, -0.25) is 14.3 Å². The molecule has 2 aromatic heterocycles. The molecule has 0 atom stereocenters. The van der Waals surface area contributed by atoms with Crippen LogP contribution in [0.5, 0.6) is 0 Å². The number of aromatic nitrogens is 3. The number of hydrogen-bond acceptors (Lipinski definition) is 3. The maximum Gasteiger partial charge on any atom is 0.268 e. The fourth-order valence-corrected chi connectivity index (χ4v) is 4.12. The summed E-state index contributed by atoms with van der Waals surface area (Å²) in [7, 11) is 0. The first-order chi connectivity index (χ1) is 14.9. The number of nitrogens with one attached hydrogen (secondary N) is 2. The molecule has 4 aromatic rings. The van der Waals surface area contributed by atoms with Crippen LogP contribution >= 0.6 is 0 Å². The van der Waals surface area contributed by atoms with E-state index in [2.05, 4.69) is 29.6 Å². The molecule has 0 spiro atoms. The smallest absolute Gasteiger partial charge is 0.268 e. The van der Waals surface area contributed by atoms with E-state index in [-0.39, 0.29) is 17.4 Å². The van der Waals surface area contributed by atoms with Gasteiger partial charge in [0.15, 0.2) is 0 Å². The second-order valence-corrected chi connectivity index (χ2v) is 8.50. The number of benzene rings is 2. The zero-order chi connectivity index (χ0) is 21.6. The molecule has 1 aliphatic heterocycles. The van der Waals surface area contributed by atoms with Crippen molar-refractivity contribution in [1.29, 1.82) is 0 Å². The molecule has 5 rings (SSSR count). The van der Waals surface area contributed by atoms with Crippen molar-refractivity contribution < 1.29 is 9.59 Å². The highest BCUT2D eigenvalue weighted by molar-refractivity contribution is 6.07. The molecule has 7 heteroatoms. The molecule has 2 N–H and O–H groups in total. The van der Waals surface area contributed by atoms with E-state index in [9.17, 15) is 9.59 Å². The van der Waals surface area contributed by atoms with Gasteiger partial charge in [-0.15, -0.1) is 0 Å². The third kappa shape index (κ3) is 3.48. The van der Waals surface area contributed by atoms with Crippen LogP contribution in [-0.4, -0.2) is 32.7 Å². The van der Waals surface area contributed by atoms with Gasteiger partial charge in [-0.05, 0) is 37.6 Å². The standard InChI is InChI=1S/C24H23N5O2/c1-24(2)15-25-23(31)21-10-17-8-9-18(11-20(17)29(21)24)22(30)27-19-12-26-28(14-19)13-16-6-4-3-5-7-16/h3-12,14H,13,15H2,1-2H3,(H,25,31)(H,27,30). The van der Waals surface area contributed by atoms with Crippen LogP contribution in [0.4, 0.5) is 5.69 Å². The minimum absolute atomic E-state index is 0.0904. The van der Waals surface area contributed by atoms with Crippen molar-refractivity contribution in [2.75, 3.05) is 11.9 Å². The van der Waals surface area contributed by atoms with E-state index in [4.69, 9.17) is 0 Å². The molecule has 3 heterocycles. The lowest BCUT2D eigenvalue weighted by atomic mass is 10.0. The fourth-order valence-electron chi connectivity index (χ4n) is 4.12. The van der Waals surface area contributed by atoms with E-state index >= 15 is 0 Å². The zero-order valence-electron chi connectivity index (χ0n) is 17.4. The average molecular weight is 413 g/mol. The molecule has 0 radical (unpaired) electrons. The Balaban J connectivity index is 1.40. The number of carbonyl (C=O) groups is 2. The van der Waals surface area contributed by atoms with Gasteiger partial charge in [-0.2, -0.15) is 5.10 Å². The molecule has 31 heavy (non-hydrogen) atoms. The predicted molar refractivity (Wildman–Crippen MR) is 119 cm³/mol. The molecule has 0 unspecified atom stereocenters. The van der Waals surface area contributed by atoms with Gasteiger partial charge in [0.25, 0.3) is 11.8 Å². The second kappa shape index (κ2) is 7.12. The maximum absolute atomic E-state index is 12.9. The number of hydrogen-bond donors (Lipinski definition) is 2.